The lowest BCUT2D eigenvalue weighted by Gasteiger charge is -2.23. The Kier molecular flexibility index (Phi) is 8.26. The van der Waals surface area contributed by atoms with E-state index in [4.69, 9.17) is 18.5 Å². The minimum absolute atomic E-state index is 0.0378. The van der Waals surface area contributed by atoms with Gasteiger partial charge in [-0.05, 0) is 38.1 Å². The molecule has 0 heterocycles. The van der Waals surface area contributed by atoms with Crippen LogP contribution in [0.15, 0.2) is 24.3 Å². The Balaban J connectivity index is 2.75. The highest BCUT2D eigenvalue weighted by Gasteiger charge is 2.30. The molecule has 130 valence electrons. The minimum Gasteiger partial charge on any atom is -0.465 e. The number of carbonyl (C=O) groups excluding carboxylic acids is 1. The lowest BCUT2D eigenvalue weighted by Crippen LogP contribution is -2.24. The van der Waals surface area contributed by atoms with Crippen molar-refractivity contribution < 1.29 is 32.6 Å². The molecular weight excluding hydrogens is 323 g/mol. The highest BCUT2D eigenvalue weighted by Crippen LogP contribution is 2.48. The zero-order valence-electron chi connectivity index (χ0n) is 13.8. The first-order valence-corrected chi connectivity index (χ1v) is 8.96. The van der Waals surface area contributed by atoms with Gasteiger partial charge in [-0.1, -0.05) is 0 Å². The van der Waals surface area contributed by atoms with E-state index in [9.17, 15) is 9.36 Å². The molecule has 1 aromatic rings. The molecule has 1 rings (SSSR count). The quantitative estimate of drug-likeness (QED) is 0.366. The molecule has 1 atom stereocenters. The molecule has 0 saturated carbocycles. The highest BCUT2D eigenvalue weighted by molar-refractivity contribution is 7.53. The molecule has 0 aliphatic carbocycles. The zero-order chi connectivity index (χ0) is 17.3. The van der Waals surface area contributed by atoms with Crippen LogP contribution >= 0.6 is 7.60 Å². The van der Waals surface area contributed by atoms with Crippen molar-refractivity contribution in [1.82, 2.24) is 0 Å². The Morgan fingerprint density at radius 3 is 2.09 bits per heavy atom. The van der Waals surface area contributed by atoms with Crippen LogP contribution < -0.4 is 4.74 Å². The van der Waals surface area contributed by atoms with Crippen molar-refractivity contribution >= 4 is 13.6 Å². The molecule has 1 aromatic carbocycles. The first kappa shape index (κ1) is 19.6. The Hall–Kier alpha value is -1.40. The molecule has 23 heavy (non-hydrogen) atoms. The number of benzene rings is 1. The Labute approximate surface area is 136 Å². The molecule has 8 heteroatoms. The molecule has 0 aliphatic heterocycles. The third-order valence-electron chi connectivity index (χ3n) is 2.83. The third-order valence-corrected chi connectivity index (χ3v) is 4.88. The maximum Gasteiger partial charge on any atom is 0.337 e. The molecule has 1 unspecified atom stereocenters. The zero-order valence-corrected chi connectivity index (χ0v) is 14.7. The van der Waals surface area contributed by atoms with Crippen LogP contribution in [0.4, 0.5) is 0 Å². The summed E-state index contributed by atoms with van der Waals surface area (Å²) >= 11 is 0. The van der Waals surface area contributed by atoms with Gasteiger partial charge in [0.05, 0.1) is 25.9 Å². The fraction of sp³-hybridized carbons (Fsp3) is 0.533. The van der Waals surface area contributed by atoms with E-state index in [1.165, 1.54) is 14.2 Å². The van der Waals surface area contributed by atoms with Crippen LogP contribution in [0, 0.1) is 0 Å². The molecule has 0 aromatic heterocycles. The maximum absolute atomic E-state index is 12.5. The molecule has 0 spiro atoms. The molecule has 7 nitrogen and oxygen atoms in total. The van der Waals surface area contributed by atoms with Gasteiger partial charge in [-0.3, -0.25) is 4.57 Å². The number of methoxy groups -OCH3 is 2. The first-order chi connectivity index (χ1) is 11.0. The van der Waals surface area contributed by atoms with Gasteiger partial charge in [-0.15, -0.1) is 0 Å². The van der Waals surface area contributed by atoms with Crippen molar-refractivity contribution in [3.63, 3.8) is 0 Å². The molecule has 0 saturated heterocycles. The van der Waals surface area contributed by atoms with E-state index in [1.807, 2.05) is 0 Å². The third kappa shape index (κ3) is 6.31. The number of hydrogen-bond acceptors (Lipinski definition) is 7. The molecule has 0 radical (unpaired) electrons. The van der Waals surface area contributed by atoms with Crippen LogP contribution in [0.3, 0.4) is 0 Å². The summed E-state index contributed by atoms with van der Waals surface area (Å²) in [4.78, 5) is 11.4. The van der Waals surface area contributed by atoms with Crippen LogP contribution in [0.1, 0.15) is 24.2 Å². The molecule has 0 N–H and O–H groups in total. The van der Waals surface area contributed by atoms with E-state index >= 15 is 0 Å². The largest absolute Gasteiger partial charge is 0.465 e. The van der Waals surface area contributed by atoms with Crippen LogP contribution in [-0.2, 0) is 23.1 Å². The van der Waals surface area contributed by atoms with Crippen LogP contribution in [0.2, 0.25) is 0 Å². The number of carbonyl (C=O) groups is 1. The predicted molar refractivity (Wildman–Crippen MR) is 84.9 cm³/mol. The summed E-state index contributed by atoms with van der Waals surface area (Å²) in [5, 5.41) is 0. The Morgan fingerprint density at radius 1 is 1.09 bits per heavy atom. The number of hydrogen-bond donors (Lipinski definition) is 0. The monoisotopic (exact) mass is 346 g/mol. The van der Waals surface area contributed by atoms with Crippen molar-refractivity contribution in [3.8, 4) is 5.75 Å². The van der Waals surface area contributed by atoms with Crippen molar-refractivity contribution in [1.29, 1.82) is 0 Å². The highest BCUT2D eigenvalue weighted by atomic mass is 31.2. The second-order valence-electron chi connectivity index (χ2n) is 4.43. The lowest BCUT2D eigenvalue weighted by atomic mass is 10.2. The van der Waals surface area contributed by atoms with E-state index in [0.717, 1.165) is 0 Å². The number of ether oxygens (including phenoxy) is 3. The Morgan fingerprint density at radius 2 is 1.65 bits per heavy atom. The van der Waals surface area contributed by atoms with Gasteiger partial charge in [-0.25, -0.2) is 4.79 Å². The van der Waals surface area contributed by atoms with Crippen molar-refractivity contribution in [2.45, 2.75) is 20.1 Å². The van der Waals surface area contributed by atoms with Crippen molar-refractivity contribution in [3.05, 3.63) is 29.8 Å². The second-order valence-corrected chi connectivity index (χ2v) is 6.53. The van der Waals surface area contributed by atoms with Crippen molar-refractivity contribution in [2.24, 2.45) is 0 Å². The van der Waals surface area contributed by atoms with Gasteiger partial charge in [0, 0.05) is 7.11 Å². The summed E-state index contributed by atoms with van der Waals surface area (Å²) in [6.45, 7) is 4.00. The normalized spacial score (nSPS) is 12.7. The topological polar surface area (TPSA) is 80.3 Å². The SMILES string of the molecule is CCOP(=O)(CC(OC)Oc1ccc(C(=O)OC)cc1)OCC. The van der Waals surface area contributed by atoms with Crippen molar-refractivity contribution in [2.75, 3.05) is 33.6 Å². The van der Waals surface area contributed by atoms with Gasteiger partial charge in [-0.2, -0.15) is 0 Å². The maximum atomic E-state index is 12.5. The average Bonchev–Trinajstić information content (AvgIpc) is 2.54. The molecule has 0 bridgehead atoms. The second kappa shape index (κ2) is 9.67. The summed E-state index contributed by atoms with van der Waals surface area (Å²) in [5.74, 6) is 0.0288. The van der Waals surface area contributed by atoms with E-state index in [0.29, 0.717) is 11.3 Å². The molecular formula is C15H23O7P. The predicted octanol–water partition coefficient (Wildman–Crippen LogP) is 3.09. The molecule has 0 aliphatic rings. The van der Waals surface area contributed by atoms with Crippen LogP contribution in [0.25, 0.3) is 0 Å². The van der Waals surface area contributed by atoms with Gasteiger partial charge in [0.2, 0.25) is 6.29 Å². The summed E-state index contributed by atoms with van der Waals surface area (Å²) in [6, 6.07) is 6.34. The molecule has 0 amide bonds. The Bertz CT molecular complexity index is 519. The summed E-state index contributed by atoms with van der Waals surface area (Å²) in [7, 11) is -0.531. The van der Waals surface area contributed by atoms with E-state index in [-0.39, 0.29) is 19.4 Å². The summed E-state index contributed by atoms with van der Waals surface area (Å²) in [6.07, 6.45) is -0.841. The summed E-state index contributed by atoms with van der Waals surface area (Å²) in [5.41, 5.74) is 0.406. The van der Waals surface area contributed by atoms with E-state index in [1.54, 1.807) is 38.1 Å². The van der Waals surface area contributed by atoms with Crippen LogP contribution in [0.5, 0.6) is 5.75 Å². The van der Waals surface area contributed by atoms with Gasteiger partial charge >= 0.3 is 13.6 Å². The van der Waals surface area contributed by atoms with Gasteiger partial charge < -0.3 is 23.3 Å². The van der Waals surface area contributed by atoms with Gasteiger partial charge in [0.1, 0.15) is 11.9 Å². The van der Waals surface area contributed by atoms with Gasteiger partial charge in [0.25, 0.3) is 0 Å². The van der Waals surface area contributed by atoms with E-state index < -0.39 is 19.9 Å². The van der Waals surface area contributed by atoms with Gasteiger partial charge in [0.15, 0.2) is 0 Å². The van der Waals surface area contributed by atoms with E-state index in [2.05, 4.69) is 4.74 Å². The summed E-state index contributed by atoms with van der Waals surface area (Å²) < 4.78 is 38.4. The number of esters is 1. The van der Waals surface area contributed by atoms with Crippen LogP contribution in [-0.4, -0.2) is 45.9 Å². The smallest absolute Gasteiger partial charge is 0.337 e. The minimum atomic E-state index is -3.28. The standard InChI is InChI=1S/C15H23O7P/c1-5-20-23(17,21-6-2)11-14(18-3)22-13-9-7-12(8-10-13)15(16)19-4/h7-10,14H,5-6,11H2,1-4H3. The average molecular weight is 346 g/mol. The fourth-order valence-corrected chi connectivity index (χ4v) is 3.48. The molecule has 0 fully saturated rings. The lowest BCUT2D eigenvalue weighted by molar-refractivity contribution is -0.0395. The fourth-order valence-electron chi connectivity index (χ4n) is 1.82. The first-order valence-electron chi connectivity index (χ1n) is 7.24. The number of rotatable bonds is 10.